The number of H-pyrrole nitrogens is 1. The van der Waals surface area contributed by atoms with Crippen molar-refractivity contribution in [2.45, 2.75) is 13.3 Å². The Labute approximate surface area is 82.3 Å². The lowest BCUT2D eigenvalue weighted by atomic mass is 9.99. The van der Waals surface area contributed by atoms with Crippen molar-refractivity contribution in [3.63, 3.8) is 0 Å². The van der Waals surface area contributed by atoms with E-state index in [1.165, 1.54) is 0 Å². The Morgan fingerprint density at radius 2 is 2.50 bits per heavy atom. The van der Waals surface area contributed by atoms with Crippen molar-refractivity contribution in [1.82, 2.24) is 15.5 Å². The monoisotopic (exact) mass is 194 g/mol. The molecule has 0 atom stereocenters. The zero-order chi connectivity index (χ0) is 9.97. The molecule has 5 nitrogen and oxygen atoms in total. The molecule has 14 heavy (non-hydrogen) atoms. The molecule has 0 radical (unpaired) electrons. The molecule has 5 heteroatoms. The Bertz CT molecular complexity index is 329. The van der Waals surface area contributed by atoms with Crippen molar-refractivity contribution in [3.05, 3.63) is 11.8 Å². The summed E-state index contributed by atoms with van der Waals surface area (Å²) < 4.78 is 0. The number of aromatic nitrogens is 2. The number of rotatable bonds is 3. The van der Waals surface area contributed by atoms with Gasteiger partial charge in [-0.05, 0) is 25.9 Å². The van der Waals surface area contributed by atoms with Gasteiger partial charge >= 0.3 is 0 Å². The fourth-order valence-electron chi connectivity index (χ4n) is 1.43. The minimum atomic E-state index is 0.0444. The van der Waals surface area contributed by atoms with Crippen LogP contribution in [-0.4, -0.2) is 29.2 Å². The highest BCUT2D eigenvalue weighted by atomic mass is 16.1. The van der Waals surface area contributed by atoms with Crippen LogP contribution in [0.2, 0.25) is 0 Å². The summed E-state index contributed by atoms with van der Waals surface area (Å²) in [5.41, 5.74) is 0.950. The molecule has 0 aromatic carbocycles. The van der Waals surface area contributed by atoms with E-state index in [0.717, 1.165) is 18.8 Å². The first-order chi connectivity index (χ1) is 6.74. The smallest absolute Gasteiger partial charge is 0.225 e. The molecule has 2 heterocycles. The van der Waals surface area contributed by atoms with E-state index in [1.807, 2.05) is 13.0 Å². The Morgan fingerprint density at radius 3 is 3.00 bits per heavy atom. The molecule has 0 aliphatic carbocycles. The third-order valence-corrected chi connectivity index (χ3v) is 2.31. The second kappa shape index (κ2) is 3.79. The first kappa shape index (κ1) is 9.21. The summed E-state index contributed by atoms with van der Waals surface area (Å²) in [6, 6.07) is 1.82. The fraction of sp³-hybridized carbons (Fsp3) is 0.556. The molecule has 3 N–H and O–H groups in total. The van der Waals surface area contributed by atoms with E-state index in [4.69, 9.17) is 0 Å². The second-order valence-electron chi connectivity index (χ2n) is 3.71. The summed E-state index contributed by atoms with van der Waals surface area (Å²) in [4.78, 5) is 11.4. The van der Waals surface area contributed by atoms with Crippen molar-refractivity contribution in [2.24, 2.45) is 5.92 Å². The van der Waals surface area contributed by atoms with Gasteiger partial charge in [0.15, 0.2) is 5.82 Å². The lowest BCUT2D eigenvalue weighted by Gasteiger charge is -2.26. The molecule has 76 valence electrons. The molecule has 1 saturated heterocycles. The van der Waals surface area contributed by atoms with Gasteiger partial charge in [0.05, 0.1) is 0 Å². The predicted molar refractivity (Wildman–Crippen MR) is 52.9 cm³/mol. The molecule has 0 spiro atoms. The summed E-state index contributed by atoms with van der Waals surface area (Å²) >= 11 is 0. The minimum absolute atomic E-state index is 0.0444. The van der Waals surface area contributed by atoms with Crippen LogP contribution in [0.4, 0.5) is 5.82 Å². The molecular weight excluding hydrogens is 180 g/mol. The maximum atomic E-state index is 11.4. The number of hydrogen-bond donors (Lipinski definition) is 3. The second-order valence-corrected chi connectivity index (χ2v) is 3.71. The number of carbonyl (C=O) groups excluding carboxylic acids is 1. The van der Waals surface area contributed by atoms with Gasteiger partial charge in [-0.3, -0.25) is 9.89 Å². The minimum Gasteiger partial charge on any atom is -0.316 e. The highest BCUT2D eigenvalue weighted by molar-refractivity contribution is 5.89. The van der Waals surface area contributed by atoms with Gasteiger partial charge in [0.1, 0.15) is 0 Å². The number of anilines is 1. The van der Waals surface area contributed by atoms with Crippen LogP contribution in [0.15, 0.2) is 6.07 Å². The van der Waals surface area contributed by atoms with Crippen molar-refractivity contribution in [3.8, 4) is 0 Å². The normalized spacial score (nSPS) is 16.4. The maximum absolute atomic E-state index is 11.4. The van der Waals surface area contributed by atoms with Crippen LogP contribution in [0.25, 0.3) is 0 Å². The number of nitrogens with one attached hydrogen (secondary N) is 3. The quantitative estimate of drug-likeness (QED) is 0.646. The standard InChI is InChI=1S/C9H14N4O/c1-6-2-8(13-12-6)11-9(14)3-7-4-10-5-7/h2,7,10H,3-5H2,1H3,(H2,11,12,13,14). The summed E-state index contributed by atoms with van der Waals surface area (Å²) in [7, 11) is 0. The molecule has 1 amide bonds. The van der Waals surface area contributed by atoms with Crippen molar-refractivity contribution >= 4 is 11.7 Å². The lowest BCUT2D eigenvalue weighted by molar-refractivity contribution is -0.117. The average Bonchev–Trinajstić information content (AvgIpc) is 2.44. The van der Waals surface area contributed by atoms with Crippen molar-refractivity contribution < 1.29 is 4.79 Å². The van der Waals surface area contributed by atoms with Crippen LogP contribution < -0.4 is 10.6 Å². The highest BCUT2D eigenvalue weighted by Crippen LogP contribution is 2.10. The predicted octanol–water partition coefficient (Wildman–Crippen LogP) is 0.266. The van der Waals surface area contributed by atoms with Gasteiger partial charge in [0, 0.05) is 18.2 Å². The zero-order valence-corrected chi connectivity index (χ0v) is 8.13. The van der Waals surface area contributed by atoms with Crippen LogP contribution in [0.1, 0.15) is 12.1 Å². The van der Waals surface area contributed by atoms with E-state index >= 15 is 0 Å². The molecule has 0 bridgehead atoms. The first-order valence-corrected chi connectivity index (χ1v) is 4.76. The largest absolute Gasteiger partial charge is 0.316 e. The van der Waals surface area contributed by atoms with Gasteiger partial charge in [0.25, 0.3) is 0 Å². The number of hydrogen-bond acceptors (Lipinski definition) is 3. The average molecular weight is 194 g/mol. The van der Waals surface area contributed by atoms with Crippen LogP contribution >= 0.6 is 0 Å². The molecule has 1 aromatic heterocycles. The zero-order valence-electron chi connectivity index (χ0n) is 8.13. The molecule has 0 unspecified atom stereocenters. The molecule has 0 saturated carbocycles. The molecule has 1 aliphatic rings. The van der Waals surface area contributed by atoms with Gasteiger partial charge in [-0.2, -0.15) is 5.10 Å². The van der Waals surface area contributed by atoms with Crippen molar-refractivity contribution in [2.75, 3.05) is 18.4 Å². The Morgan fingerprint density at radius 1 is 1.71 bits per heavy atom. The number of aryl methyl sites for hydroxylation is 1. The van der Waals surface area contributed by atoms with Crippen LogP contribution in [0.3, 0.4) is 0 Å². The van der Waals surface area contributed by atoms with Crippen LogP contribution in [-0.2, 0) is 4.79 Å². The number of aromatic amines is 1. The molecule has 1 aliphatic heterocycles. The SMILES string of the molecule is Cc1cc(NC(=O)CC2CNC2)n[nH]1. The first-order valence-electron chi connectivity index (χ1n) is 4.76. The third kappa shape index (κ3) is 2.11. The van der Waals surface area contributed by atoms with Gasteiger partial charge in [-0.1, -0.05) is 0 Å². The summed E-state index contributed by atoms with van der Waals surface area (Å²) in [6.07, 6.45) is 0.582. The van der Waals surface area contributed by atoms with Crippen LogP contribution in [0, 0.1) is 12.8 Å². The Balaban J connectivity index is 1.81. The van der Waals surface area contributed by atoms with E-state index in [0.29, 0.717) is 18.2 Å². The van der Waals surface area contributed by atoms with Crippen molar-refractivity contribution in [1.29, 1.82) is 0 Å². The van der Waals surface area contributed by atoms with Gasteiger partial charge in [-0.15, -0.1) is 0 Å². The highest BCUT2D eigenvalue weighted by Gasteiger charge is 2.20. The number of amides is 1. The third-order valence-electron chi connectivity index (χ3n) is 2.31. The van der Waals surface area contributed by atoms with E-state index < -0.39 is 0 Å². The topological polar surface area (TPSA) is 69.8 Å². The maximum Gasteiger partial charge on any atom is 0.225 e. The number of carbonyl (C=O) groups is 1. The molecule has 2 rings (SSSR count). The summed E-state index contributed by atoms with van der Waals surface area (Å²) in [6.45, 7) is 3.80. The lowest BCUT2D eigenvalue weighted by Crippen LogP contribution is -2.43. The van der Waals surface area contributed by atoms with Gasteiger partial charge in [-0.25, -0.2) is 0 Å². The Kier molecular flexibility index (Phi) is 2.49. The summed E-state index contributed by atoms with van der Waals surface area (Å²) in [5.74, 6) is 1.15. The summed E-state index contributed by atoms with van der Waals surface area (Å²) in [5, 5.41) is 12.6. The van der Waals surface area contributed by atoms with Gasteiger partial charge < -0.3 is 10.6 Å². The molecule has 1 fully saturated rings. The van der Waals surface area contributed by atoms with E-state index in [2.05, 4.69) is 20.8 Å². The van der Waals surface area contributed by atoms with E-state index in [-0.39, 0.29) is 5.91 Å². The van der Waals surface area contributed by atoms with Crippen LogP contribution in [0.5, 0.6) is 0 Å². The number of nitrogens with zero attached hydrogens (tertiary/aromatic N) is 1. The fourth-order valence-corrected chi connectivity index (χ4v) is 1.43. The van der Waals surface area contributed by atoms with E-state index in [1.54, 1.807) is 0 Å². The molecular formula is C9H14N4O. The Hall–Kier alpha value is -1.36. The molecule has 1 aromatic rings. The van der Waals surface area contributed by atoms with E-state index in [9.17, 15) is 4.79 Å². The van der Waals surface area contributed by atoms with Gasteiger partial charge in [0.2, 0.25) is 5.91 Å².